The van der Waals surface area contributed by atoms with Crippen molar-refractivity contribution in [3.05, 3.63) is 42.2 Å². The minimum Gasteiger partial charge on any atom is -0.491 e. The molecule has 0 fully saturated rings. The molecule has 1 aliphatic rings. The van der Waals surface area contributed by atoms with Crippen molar-refractivity contribution in [3.8, 4) is 5.75 Å². The maximum atomic E-state index is 5.73. The third kappa shape index (κ3) is 2.43. The van der Waals surface area contributed by atoms with Gasteiger partial charge in [-0.15, -0.1) is 0 Å². The number of nitrogens with two attached hydrogens (primary N) is 1. The van der Waals surface area contributed by atoms with E-state index < -0.39 is 0 Å². The highest BCUT2D eigenvalue weighted by Gasteiger charge is 2.16. The third-order valence-electron chi connectivity index (χ3n) is 3.08. The molecule has 0 saturated heterocycles. The van der Waals surface area contributed by atoms with Crippen molar-refractivity contribution in [1.82, 2.24) is 9.97 Å². The molecule has 0 atom stereocenters. The number of aromatic nitrogens is 2. The van der Waals surface area contributed by atoms with Gasteiger partial charge in [0.1, 0.15) is 30.3 Å². The number of fused-ring (bicyclic) bond motifs is 1. The molecule has 19 heavy (non-hydrogen) atoms. The van der Waals surface area contributed by atoms with E-state index in [9.17, 15) is 0 Å². The molecule has 0 spiro atoms. The minimum atomic E-state index is 0.600. The first kappa shape index (κ1) is 11.7. The van der Waals surface area contributed by atoms with E-state index in [0.29, 0.717) is 12.4 Å². The molecule has 98 valence electrons. The molecule has 2 aromatic rings. The second kappa shape index (κ2) is 5.11. The Morgan fingerprint density at radius 1 is 1.26 bits per heavy atom. The summed E-state index contributed by atoms with van der Waals surface area (Å²) in [5.41, 5.74) is 3.69. The lowest BCUT2D eigenvalue weighted by Crippen LogP contribution is -2.26. The monoisotopic (exact) mass is 257 g/mol. The van der Waals surface area contributed by atoms with Crippen LogP contribution in [-0.4, -0.2) is 23.1 Å². The highest BCUT2D eigenvalue weighted by molar-refractivity contribution is 5.49. The van der Waals surface area contributed by atoms with Gasteiger partial charge < -0.3 is 15.1 Å². The van der Waals surface area contributed by atoms with Gasteiger partial charge in [0.25, 0.3) is 0 Å². The molecule has 6 nitrogen and oxygen atoms in total. The summed E-state index contributed by atoms with van der Waals surface area (Å²) in [6.07, 6.45) is 1.50. The van der Waals surface area contributed by atoms with Gasteiger partial charge in [0.2, 0.25) is 0 Å². The van der Waals surface area contributed by atoms with Crippen molar-refractivity contribution < 1.29 is 4.74 Å². The molecular formula is C13H15N5O. The largest absolute Gasteiger partial charge is 0.491 e. The highest BCUT2D eigenvalue weighted by Crippen LogP contribution is 2.25. The molecule has 1 aromatic carbocycles. The Morgan fingerprint density at radius 3 is 3.05 bits per heavy atom. The number of nitrogens with zero attached hydrogens (tertiary/aromatic N) is 3. The van der Waals surface area contributed by atoms with Crippen molar-refractivity contribution in [2.45, 2.75) is 6.54 Å². The van der Waals surface area contributed by atoms with E-state index in [-0.39, 0.29) is 0 Å². The van der Waals surface area contributed by atoms with Crippen molar-refractivity contribution in [2.75, 3.05) is 23.5 Å². The van der Waals surface area contributed by atoms with E-state index in [4.69, 9.17) is 10.6 Å². The smallest absolute Gasteiger partial charge is 0.145 e. The Kier molecular flexibility index (Phi) is 3.16. The fraction of sp³-hybridized carbons (Fsp3) is 0.231. The number of nitrogen functional groups attached to an aromatic ring is 1. The fourth-order valence-electron chi connectivity index (χ4n) is 2.12. The fourth-order valence-corrected chi connectivity index (χ4v) is 2.12. The van der Waals surface area contributed by atoms with Gasteiger partial charge in [-0.05, 0) is 6.07 Å². The molecule has 1 aromatic heterocycles. The number of benzene rings is 1. The number of hydrogen-bond donors (Lipinski definition) is 2. The van der Waals surface area contributed by atoms with Crippen molar-refractivity contribution in [3.63, 3.8) is 0 Å². The SMILES string of the molecule is NNc1cc(N2CCOc3ccccc3C2)ncn1. The molecule has 6 heteroatoms. The summed E-state index contributed by atoms with van der Waals surface area (Å²) >= 11 is 0. The van der Waals surface area contributed by atoms with Crippen LogP contribution in [0.25, 0.3) is 0 Å². The lowest BCUT2D eigenvalue weighted by Gasteiger charge is -2.20. The number of hydrazine groups is 1. The second-order valence-corrected chi connectivity index (χ2v) is 4.28. The number of hydrogen-bond acceptors (Lipinski definition) is 6. The van der Waals surface area contributed by atoms with Crippen LogP contribution in [0.5, 0.6) is 5.75 Å². The number of anilines is 2. The standard InChI is InChI=1S/C13H15N5O/c14-17-12-7-13(16-9-15-12)18-5-6-19-11-4-2-1-3-10(11)8-18/h1-4,7,9H,5-6,8,14H2,(H,15,16,17). The summed E-state index contributed by atoms with van der Waals surface area (Å²) in [5.74, 6) is 7.75. The van der Waals surface area contributed by atoms with Crippen LogP contribution in [0.2, 0.25) is 0 Å². The summed E-state index contributed by atoms with van der Waals surface area (Å²) in [7, 11) is 0. The second-order valence-electron chi connectivity index (χ2n) is 4.28. The van der Waals surface area contributed by atoms with Gasteiger partial charge in [-0.1, -0.05) is 18.2 Å². The summed E-state index contributed by atoms with van der Waals surface area (Å²) < 4.78 is 5.73. The summed E-state index contributed by atoms with van der Waals surface area (Å²) in [5, 5.41) is 0. The Labute approximate surface area is 111 Å². The molecule has 0 bridgehead atoms. The molecular weight excluding hydrogens is 242 g/mol. The van der Waals surface area contributed by atoms with Crippen LogP contribution < -0.4 is 20.9 Å². The maximum absolute atomic E-state index is 5.73. The van der Waals surface area contributed by atoms with Crippen LogP contribution in [0.15, 0.2) is 36.7 Å². The van der Waals surface area contributed by atoms with Crippen LogP contribution in [0, 0.1) is 0 Å². The molecule has 0 radical (unpaired) electrons. The van der Waals surface area contributed by atoms with E-state index in [1.165, 1.54) is 6.33 Å². The Morgan fingerprint density at radius 2 is 2.16 bits per heavy atom. The van der Waals surface area contributed by atoms with Crippen LogP contribution in [0.3, 0.4) is 0 Å². The molecule has 0 amide bonds. The minimum absolute atomic E-state index is 0.600. The number of para-hydroxylation sites is 1. The first-order chi connectivity index (χ1) is 9.36. The highest BCUT2D eigenvalue weighted by atomic mass is 16.5. The van der Waals surface area contributed by atoms with Crippen LogP contribution in [0.1, 0.15) is 5.56 Å². The van der Waals surface area contributed by atoms with E-state index in [1.54, 1.807) is 0 Å². The van der Waals surface area contributed by atoms with Crippen molar-refractivity contribution >= 4 is 11.6 Å². The molecule has 3 rings (SSSR count). The van der Waals surface area contributed by atoms with Gasteiger partial charge in [0, 0.05) is 18.2 Å². The van der Waals surface area contributed by atoms with Gasteiger partial charge in [-0.25, -0.2) is 15.8 Å². The van der Waals surface area contributed by atoms with Crippen molar-refractivity contribution in [2.24, 2.45) is 5.84 Å². The maximum Gasteiger partial charge on any atom is 0.145 e. The molecule has 3 N–H and O–H groups in total. The van der Waals surface area contributed by atoms with E-state index in [0.717, 1.165) is 30.2 Å². The van der Waals surface area contributed by atoms with Gasteiger partial charge in [-0.3, -0.25) is 0 Å². The van der Waals surface area contributed by atoms with E-state index in [1.807, 2.05) is 24.3 Å². The van der Waals surface area contributed by atoms with Gasteiger partial charge in [0.15, 0.2) is 0 Å². The molecule has 0 saturated carbocycles. The third-order valence-corrected chi connectivity index (χ3v) is 3.08. The van der Waals surface area contributed by atoms with E-state index >= 15 is 0 Å². The summed E-state index contributed by atoms with van der Waals surface area (Å²) in [6, 6.07) is 9.88. The van der Waals surface area contributed by atoms with Gasteiger partial charge >= 0.3 is 0 Å². The van der Waals surface area contributed by atoms with Crippen LogP contribution in [0.4, 0.5) is 11.6 Å². The topological polar surface area (TPSA) is 76.3 Å². The predicted molar refractivity (Wildman–Crippen MR) is 72.8 cm³/mol. The first-order valence-electron chi connectivity index (χ1n) is 6.11. The summed E-state index contributed by atoms with van der Waals surface area (Å²) in [6.45, 7) is 2.17. The summed E-state index contributed by atoms with van der Waals surface area (Å²) in [4.78, 5) is 10.5. The van der Waals surface area contributed by atoms with Crippen molar-refractivity contribution in [1.29, 1.82) is 0 Å². The Bertz CT molecular complexity index is 574. The number of ether oxygens (including phenoxy) is 1. The lowest BCUT2D eigenvalue weighted by molar-refractivity contribution is 0.331. The number of rotatable bonds is 2. The lowest BCUT2D eigenvalue weighted by atomic mass is 10.2. The zero-order chi connectivity index (χ0) is 13.1. The molecule has 0 aliphatic carbocycles. The Hall–Kier alpha value is -2.34. The molecule has 0 unspecified atom stereocenters. The Balaban J connectivity index is 1.89. The molecule has 1 aliphatic heterocycles. The zero-order valence-corrected chi connectivity index (χ0v) is 10.4. The van der Waals surface area contributed by atoms with E-state index in [2.05, 4.69) is 26.4 Å². The van der Waals surface area contributed by atoms with Crippen LogP contribution in [-0.2, 0) is 6.54 Å². The normalized spacial score (nSPS) is 14.3. The first-order valence-corrected chi connectivity index (χ1v) is 6.11. The predicted octanol–water partition coefficient (Wildman–Crippen LogP) is 1.16. The van der Waals surface area contributed by atoms with Crippen LogP contribution >= 0.6 is 0 Å². The van der Waals surface area contributed by atoms with Gasteiger partial charge in [0.05, 0.1) is 6.54 Å². The quantitative estimate of drug-likeness (QED) is 0.621. The van der Waals surface area contributed by atoms with Gasteiger partial charge in [-0.2, -0.15) is 0 Å². The average molecular weight is 257 g/mol. The molecule has 2 heterocycles. The number of nitrogens with one attached hydrogen (secondary N) is 1. The average Bonchev–Trinajstić information content (AvgIpc) is 2.69. The zero-order valence-electron chi connectivity index (χ0n) is 10.4.